The van der Waals surface area contributed by atoms with Crippen LogP contribution in [0, 0.1) is 5.92 Å². The first kappa shape index (κ1) is 17.5. The van der Waals surface area contributed by atoms with Crippen molar-refractivity contribution in [2.75, 3.05) is 0 Å². The molecule has 132 valence electrons. The molecule has 1 aromatic rings. The third-order valence-corrected chi connectivity index (χ3v) is 4.83. The second-order valence-electron chi connectivity index (χ2n) is 6.67. The summed E-state index contributed by atoms with van der Waals surface area (Å²) in [6.07, 6.45) is 3.11. The smallest absolute Gasteiger partial charge is 0.534 e. The van der Waals surface area contributed by atoms with Gasteiger partial charge in [-0.25, -0.2) is 4.79 Å². The summed E-state index contributed by atoms with van der Waals surface area (Å²) in [5.74, 6) is -1.36. The highest BCUT2D eigenvalue weighted by molar-refractivity contribution is 6.47. The fourth-order valence-corrected chi connectivity index (χ4v) is 3.45. The zero-order valence-corrected chi connectivity index (χ0v) is 13.7. The van der Waals surface area contributed by atoms with Crippen molar-refractivity contribution in [3.63, 3.8) is 0 Å². The average molecular weight is 345 g/mol. The molecule has 1 amide bonds. The number of ketones is 1. The zero-order valence-electron chi connectivity index (χ0n) is 13.7. The van der Waals surface area contributed by atoms with Gasteiger partial charge in [-0.05, 0) is 36.8 Å². The largest absolute Gasteiger partial charge is 0.547 e. The number of amides is 1. The van der Waals surface area contributed by atoms with Crippen molar-refractivity contribution in [3.05, 3.63) is 29.3 Å². The molecule has 1 aromatic carbocycles. The number of hydrogen-bond acceptors (Lipinski definition) is 5. The Balaban J connectivity index is 1.62. The van der Waals surface area contributed by atoms with Gasteiger partial charge in [-0.15, -0.1) is 0 Å². The van der Waals surface area contributed by atoms with Crippen LogP contribution in [-0.2, 0) is 16.0 Å². The molecule has 25 heavy (non-hydrogen) atoms. The maximum Gasteiger partial charge on any atom is 0.547 e. The first-order valence-electron chi connectivity index (χ1n) is 8.45. The number of benzene rings is 1. The molecule has 1 atom stereocenters. The number of carboxylic acids is 1. The van der Waals surface area contributed by atoms with Crippen LogP contribution in [0.25, 0.3) is 0 Å². The molecule has 0 bridgehead atoms. The highest BCUT2D eigenvalue weighted by Crippen LogP contribution is 2.30. The number of Topliss-reactive ketones (excluding diaryl/α,β-unsaturated/α-hetero) is 1. The van der Waals surface area contributed by atoms with Gasteiger partial charge in [0.05, 0.1) is 11.5 Å². The van der Waals surface area contributed by atoms with Gasteiger partial charge in [0, 0.05) is 19.3 Å². The standard InChI is InChI=1S/C17H20BNO6/c20-12-6-4-10(5-7-12)8-15(21)19-14-9-11-2-1-3-13(17(22)23)16(11)25-18(14)24/h1-3,10,14,24H,4-9H2,(H,19,21)(H,22,23). The predicted molar refractivity (Wildman–Crippen MR) is 89.2 cm³/mol. The van der Waals surface area contributed by atoms with E-state index < -0.39 is 19.0 Å². The Bertz CT molecular complexity index is 696. The van der Waals surface area contributed by atoms with E-state index >= 15 is 0 Å². The van der Waals surface area contributed by atoms with Gasteiger partial charge in [-0.2, -0.15) is 0 Å². The summed E-state index contributed by atoms with van der Waals surface area (Å²) >= 11 is 0. The number of para-hydroxylation sites is 1. The van der Waals surface area contributed by atoms with Crippen LogP contribution in [0.5, 0.6) is 5.75 Å². The van der Waals surface area contributed by atoms with E-state index in [1.807, 2.05) is 0 Å². The molecule has 1 unspecified atom stereocenters. The van der Waals surface area contributed by atoms with Gasteiger partial charge in [0.25, 0.3) is 0 Å². The lowest BCUT2D eigenvalue weighted by molar-refractivity contribution is -0.125. The monoisotopic (exact) mass is 345 g/mol. The minimum atomic E-state index is -1.30. The van der Waals surface area contributed by atoms with Crippen LogP contribution in [0.3, 0.4) is 0 Å². The number of nitrogens with one attached hydrogen (secondary N) is 1. The summed E-state index contributed by atoms with van der Waals surface area (Å²) in [7, 11) is -1.30. The molecule has 1 fully saturated rings. The van der Waals surface area contributed by atoms with Gasteiger partial charge in [-0.3, -0.25) is 9.59 Å². The molecule has 2 aliphatic rings. The lowest BCUT2D eigenvalue weighted by Crippen LogP contribution is -2.53. The maximum atomic E-state index is 12.2. The fourth-order valence-electron chi connectivity index (χ4n) is 3.45. The van der Waals surface area contributed by atoms with Crippen molar-refractivity contribution >= 4 is 24.8 Å². The first-order chi connectivity index (χ1) is 11.9. The number of aromatic carboxylic acids is 1. The molecular weight excluding hydrogens is 325 g/mol. The maximum absolute atomic E-state index is 12.2. The number of hydrogen-bond donors (Lipinski definition) is 3. The fraction of sp³-hybridized carbons (Fsp3) is 0.471. The van der Waals surface area contributed by atoms with Crippen molar-refractivity contribution in [2.24, 2.45) is 5.92 Å². The third-order valence-electron chi connectivity index (χ3n) is 4.83. The summed E-state index contributed by atoms with van der Waals surface area (Å²) in [5.41, 5.74) is 0.631. The molecule has 3 rings (SSSR count). The van der Waals surface area contributed by atoms with Gasteiger partial charge >= 0.3 is 13.1 Å². The summed E-state index contributed by atoms with van der Waals surface area (Å²) in [5, 5.41) is 22.1. The first-order valence-corrected chi connectivity index (χ1v) is 8.45. The van der Waals surface area contributed by atoms with Crippen LogP contribution in [0.2, 0.25) is 0 Å². The molecule has 0 spiro atoms. The van der Waals surface area contributed by atoms with E-state index in [0.717, 1.165) is 12.8 Å². The quantitative estimate of drug-likeness (QED) is 0.701. The molecule has 8 heteroatoms. The van der Waals surface area contributed by atoms with Crippen molar-refractivity contribution in [1.29, 1.82) is 0 Å². The Hall–Kier alpha value is -2.35. The van der Waals surface area contributed by atoms with Crippen LogP contribution in [0.4, 0.5) is 0 Å². The van der Waals surface area contributed by atoms with Gasteiger partial charge in [0.15, 0.2) is 0 Å². The van der Waals surface area contributed by atoms with E-state index in [1.165, 1.54) is 6.07 Å². The molecule has 3 N–H and O–H groups in total. The minimum Gasteiger partial charge on any atom is -0.534 e. The van der Waals surface area contributed by atoms with Crippen molar-refractivity contribution < 1.29 is 29.2 Å². The van der Waals surface area contributed by atoms with Crippen molar-refractivity contribution in [2.45, 2.75) is 44.5 Å². The van der Waals surface area contributed by atoms with Gasteiger partial charge in [0.2, 0.25) is 5.91 Å². The lowest BCUT2D eigenvalue weighted by atomic mass is 9.72. The molecule has 1 saturated carbocycles. The molecule has 0 saturated heterocycles. The minimum absolute atomic E-state index is 0.00630. The molecule has 0 radical (unpaired) electrons. The third kappa shape index (κ3) is 4.01. The van der Waals surface area contributed by atoms with E-state index in [4.69, 9.17) is 4.65 Å². The van der Waals surface area contributed by atoms with Crippen LogP contribution in [-0.4, -0.2) is 40.8 Å². The number of carbonyl (C=O) groups excluding carboxylic acids is 2. The molecular formula is C17H20BNO6. The van der Waals surface area contributed by atoms with Crippen LogP contribution in [0.1, 0.15) is 48.0 Å². The predicted octanol–water partition coefficient (Wildman–Crippen LogP) is 0.974. The second-order valence-corrected chi connectivity index (χ2v) is 6.67. The lowest BCUT2D eigenvalue weighted by Gasteiger charge is -2.29. The number of fused-ring (bicyclic) bond motifs is 1. The Morgan fingerprint density at radius 1 is 1.28 bits per heavy atom. The van der Waals surface area contributed by atoms with Crippen LogP contribution >= 0.6 is 0 Å². The van der Waals surface area contributed by atoms with Crippen LogP contribution < -0.4 is 9.97 Å². The van der Waals surface area contributed by atoms with E-state index in [1.54, 1.807) is 12.1 Å². The van der Waals surface area contributed by atoms with Crippen molar-refractivity contribution in [3.8, 4) is 5.75 Å². The molecule has 1 aliphatic carbocycles. The highest BCUT2D eigenvalue weighted by Gasteiger charge is 2.38. The zero-order chi connectivity index (χ0) is 18.0. The van der Waals surface area contributed by atoms with E-state index in [2.05, 4.69) is 5.32 Å². The Morgan fingerprint density at radius 3 is 2.68 bits per heavy atom. The SMILES string of the molecule is O=C1CCC(CC(=O)NC2Cc3cccc(C(=O)O)c3OB2O)CC1. The van der Waals surface area contributed by atoms with E-state index in [9.17, 15) is 24.5 Å². The average Bonchev–Trinajstić information content (AvgIpc) is 2.57. The molecule has 0 aromatic heterocycles. The number of carbonyl (C=O) groups is 3. The van der Waals surface area contributed by atoms with Crippen LogP contribution in [0.15, 0.2) is 18.2 Å². The molecule has 1 heterocycles. The molecule has 1 aliphatic heterocycles. The summed E-state index contributed by atoms with van der Waals surface area (Å²) in [6.45, 7) is 0. The van der Waals surface area contributed by atoms with E-state index in [0.29, 0.717) is 31.2 Å². The van der Waals surface area contributed by atoms with E-state index in [-0.39, 0.29) is 28.9 Å². The summed E-state index contributed by atoms with van der Waals surface area (Å²) in [6, 6.07) is 4.75. The second kappa shape index (κ2) is 7.27. The summed E-state index contributed by atoms with van der Waals surface area (Å²) < 4.78 is 5.36. The van der Waals surface area contributed by atoms with Gasteiger partial charge in [-0.1, -0.05) is 12.1 Å². The highest BCUT2D eigenvalue weighted by atomic mass is 16.5. The number of carboxylic acid groups (broad SMARTS) is 1. The summed E-state index contributed by atoms with van der Waals surface area (Å²) in [4.78, 5) is 34.7. The normalized spacial score (nSPS) is 20.6. The Labute approximate surface area is 145 Å². The topological polar surface area (TPSA) is 113 Å². The Kier molecular flexibility index (Phi) is 5.08. The van der Waals surface area contributed by atoms with Crippen molar-refractivity contribution in [1.82, 2.24) is 5.32 Å². The Morgan fingerprint density at radius 2 is 2.00 bits per heavy atom. The van der Waals surface area contributed by atoms with Gasteiger partial charge < -0.3 is 20.1 Å². The molecule has 7 nitrogen and oxygen atoms in total. The van der Waals surface area contributed by atoms with Gasteiger partial charge in [0.1, 0.15) is 11.5 Å². The number of rotatable bonds is 4.